The lowest BCUT2D eigenvalue weighted by atomic mass is 10.1. The van der Waals surface area contributed by atoms with E-state index in [9.17, 15) is 4.79 Å². The average Bonchev–Trinajstić information content (AvgIpc) is 3.88. The van der Waals surface area contributed by atoms with Gasteiger partial charge < -0.3 is 24.0 Å². The Hall–Kier alpha value is -4.50. The summed E-state index contributed by atoms with van der Waals surface area (Å²) >= 11 is 12.7. The van der Waals surface area contributed by atoms with Gasteiger partial charge in [-0.1, -0.05) is 36.2 Å². The van der Waals surface area contributed by atoms with Crippen LogP contribution >= 0.6 is 23.2 Å². The third kappa shape index (κ3) is 7.18. The lowest BCUT2D eigenvalue weighted by molar-refractivity contribution is -0.190. The van der Waals surface area contributed by atoms with Crippen LogP contribution in [0.4, 0.5) is 15.9 Å². The molecule has 4 unspecified atom stereocenters. The highest BCUT2D eigenvalue weighted by molar-refractivity contribution is 6.35. The summed E-state index contributed by atoms with van der Waals surface area (Å²) in [5.41, 5.74) is 1.21. The van der Waals surface area contributed by atoms with Crippen molar-refractivity contribution in [3.63, 3.8) is 0 Å². The van der Waals surface area contributed by atoms with Gasteiger partial charge in [-0.2, -0.15) is 10.2 Å². The first-order valence-corrected chi connectivity index (χ1v) is 17.6. The van der Waals surface area contributed by atoms with Crippen LogP contribution in [0.25, 0.3) is 5.69 Å². The molecule has 2 fully saturated rings. The largest absolute Gasteiger partial charge is 0.489 e. The summed E-state index contributed by atoms with van der Waals surface area (Å²) in [6.07, 6.45) is 6.46. The van der Waals surface area contributed by atoms with Gasteiger partial charge in [-0.3, -0.25) is 0 Å². The number of halogens is 3. The Bertz CT molecular complexity index is 2030. The molecule has 2 aliphatic rings. The summed E-state index contributed by atoms with van der Waals surface area (Å²) in [5.74, 6) is -0.265. The fraction of sp³-hybridized carbons (Fsp3) is 0.400. The SMILES string of the molecule is CCC(C)n1ncn(-c2ccc(N3CCN(c4ccc(OCC5COC(Cn6cncn6)(c6ccc(Cl)cc6Cl)O5)cn4)C(C)C3)cc2F)c1=O. The molecule has 3 aromatic heterocycles. The van der Waals surface area contributed by atoms with Crippen LogP contribution in [0.5, 0.6) is 5.75 Å². The normalized spacial score (nSPS) is 21.3. The van der Waals surface area contributed by atoms with E-state index in [1.807, 2.05) is 32.0 Å². The summed E-state index contributed by atoms with van der Waals surface area (Å²) in [7, 11) is 0. The molecule has 2 aromatic carbocycles. The Kier molecular flexibility index (Phi) is 10.0. The Balaban J connectivity index is 0.958. The van der Waals surface area contributed by atoms with Gasteiger partial charge in [0, 0.05) is 41.9 Å². The predicted octanol–water partition coefficient (Wildman–Crippen LogP) is 5.50. The second-order valence-electron chi connectivity index (χ2n) is 12.8. The maximum Gasteiger partial charge on any atom is 0.350 e. The molecule has 0 aliphatic carbocycles. The Morgan fingerprint density at radius 3 is 2.67 bits per heavy atom. The Labute approximate surface area is 304 Å². The van der Waals surface area contributed by atoms with E-state index in [4.69, 9.17) is 42.4 Å². The minimum Gasteiger partial charge on any atom is -0.489 e. The second-order valence-corrected chi connectivity index (χ2v) is 13.6. The van der Waals surface area contributed by atoms with Gasteiger partial charge in [0.1, 0.15) is 55.6 Å². The highest BCUT2D eigenvalue weighted by atomic mass is 35.5. The average molecular weight is 739 g/mol. The molecule has 51 heavy (non-hydrogen) atoms. The van der Waals surface area contributed by atoms with Gasteiger partial charge in [0.25, 0.3) is 0 Å². The molecular weight excluding hydrogens is 700 g/mol. The van der Waals surface area contributed by atoms with Gasteiger partial charge >= 0.3 is 5.69 Å². The van der Waals surface area contributed by atoms with Crippen LogP contribution in [0.2, 0.25) is 10.0 Å². The number of benzene rings is 2. The molecular formula is C35H38Cl2FN9O4. The summed E-state index contributed by atoms with van der Waals surface area (Å²) < 4.78 is 38.4. The van der Waals surface area contributed by atoms with Crippen molar-refractivity contribution in [1.82, 2.24) is 34.1 Å². The molecule has 0 N–H and O–H groups in total. The minimum atomic E-state index is -1.20. The fourth-order valence-corrected chi connectivity index (χ4v) is 7.03. The third-order valence-electron chi connectivity index (χ3n) is 9.37. The highest BCUT2D eigenvalue weighted by Gasteiger charge is 2.45. The number of hydrogen-bond donors (Lipinski definition) is 0. The maximum absolute atomic E-state index is 15.3. The molecule has 0 bridgehead atoms. The van der Waals surface area contributed by atoms with Crippen LogP contribution < -0.4 is 20.2 Å². The third-order valence-corrected chi connectivity index (χ3v) is 9.92. The first-order valence-electron chi connectivity index (χ1n) is 16.8. The molecule has 16 heteroatoms. The number of rotatable bonds is 11. The Morgan fingerprint density at radius 1 is 1.10 bits per heavy atom. The molecule has 0 spiro atoms. The van der Waals surface area contributed by atoms with Crippen molar-refractivity contribution in [3.05, 3.63) is 106 Å². The van der Waals surface area contributed by atoms with E-state index >= 15 is 4.39 Å². The van der Waals surface area contributed by atoms with Crippen molar-refractivity contribution < 1.29 is 18.6 Å². The van der Waals surface area contributed by atoms with Crippen LogP contribution in [0.15, 0.2) is 78.5 Å². The van der Waals surface area contributed by atoms with Crippen LogP contribution in [0.3, 0.4) is 0 Å². The van der Waals surface area contributed by atoms with Crippen molar-refractivity contribution in [1.29, 1.82) is 0 Å². The molecule has 13 nitrogen and oxygen atoms in total. The quantitative estimate of drug-likeness (QED) is 0.172. The van der Waals surface area contributed by atoms with Crippen LogP contribution in [0.1, 0.15) is 38.8 Å². The molecule has 0 radical (unpaired) electrons. The second kappa shape index (κ2) is 14.6. The molecule has 268 valence electrons. The van der Waals surface area contributed by atoms with E-state index in [0.717, 1.165) is 17.9 Å². The molecule has 0 amide bonds. The lowest BCUT2D eigenvalue weighted by Gasteiger charge is -2.41. The van der Waals surface area contributed by atoms with Gasteiger partial charge in [-0.05, 0) is 62.7 Å². The van der Waals surface area contributed by atoms with Gasteiger partial charge in [0.15, 0.2) is 0 Å². The van der Waals surface area contributed by atoms with E-state index in [0.29, 0.717) is 41.0 Å². The lowest BCUT2D eigenvalue weighted by Crippen LogP contribution is -2.52. The van der Waals surface area contributed by atoms with Crippen molar-refractivity contribution >= 4 is 34.7 Å². The van der Waals surface area contributed by atoms with Crippen LogP contribution in [0, 0.1) is 5.82 Å². The zero-order chi connectivity index (χ0) is 35.7. The smallest absolute Gasteiger partial charge is 0.350 e. The van der Waals surface area contributed by atoms with Crippen molar-refractivity contribution in [2.75, 3.05) is 42.6 Å². The highest BCUT2D eigenvalue weighted by Crippen LogP contribution is 2.40. The van der Waals surface area contributed by atoms with Gasteiger partial charge in [-0.25, -0.2) is 33.1 Å². The van der Waals surface area contributed by atoms with E-state index in [2.05, 4.69) is 31.9 Å². The number of aromatic nitrogens is 7. The van der Waals surface area contributed by atoms with E-state index in [1.54, 1.807) is 41.5 Å². The number of pyridine rings is 1. The van der Waals surface area contributed by atoms with Gasteiger partial charge in [0.05, 0.1) is 29.6 Å². The number of ether oxygens (including phenoxy) is 3. The fourth-order valence-electron chi connectivity index (χ4n) is 6.48. The zero-order valence-corrected chi connectivity index (χ0v) is 29.9. The molecule has 7 rings (SSSR count). The summed E-state index contributed by atoms with van der Waals surface area (Å²) in [6.45, 7) is 8.75. The molecule has 4 atom stereocenters. The number of anilines is 2. The van der Waals surface area contributed by atoms with E-state index < -0.39 is 17.7 Å². The van der Waals surface area contributed by atoms with Crippen LogP contribution in [-0.2, 0) is 21.8 Å². The number of hydrogen-bond acceptors (Lipinski definition) is 10. The Morgan fingerprint density at radius 2 is 1.96 bits per heavy atom. The molecule has 0 saturated carbocycles. The summed E-state index contributed by atoms with van der Waals surface area (Å²) in [5, 5.41) is 9.32. The number of piperazine rings is 1. The first-order chi connectivity index (χ1) is 24.6. The molecule has 2 aliphatic heterocycles. The van der Waals surface area contributed by atoms with E-state index in [-0.39, 0.29) is 43.2 Å². The monoisotopic (exact) mass is 737 g/mol. The first kappa shape index (κ1) is 34.9. The minimum absolute atomic E-state index is 0.0707. The van der Waals surface area contributed by atoms with Gasteiger partial charge in [0.2, 0.25) is 5.79 Å². The van der Waals surface area contributed by atoms with Crippen molar-refractivity contribution in [2.24, 2.45) is 0 Å². The van der Waals surface area contributed by atoms with Crippen molar-refractivity contribution in [2.45, 2.75) is 57.7 Å². The van der Waals surface area contributed by atoms with E-state index in [1.165, 1.54) is 28.0 Å². The standard InChI is InChI=1S/C35H38Cl2FN9O4/c1-4-23(2)47-34(48)46(22-42-47)32-9-6-26(14-31(32)38)43-11-12-45(24(3)16-43)33-10-7-27(15-40-33)49-17-28-18-50-35(51-28,19-44-21-39-20-41-44)29-8-5-25(36)13-30(29)37/h5-10,13-15,20-24,28H,4,11-12,16-19H2,1-3H3. The van der Waals surface area contributed by atoms with Crippen molar-refractivity contribution in [3.8, 4) is 11.4 Å². The van der Waals surface area contributed by atoms with Crippen LogP contribution in [-0.4, -0.2) is 79.1 Å². The topological polar surface area (TPSA) is 118 Å². The zero-order valence-electron chi connectivity index (χ0n) is 28.4. The molecule has 5 heterocycles. The summed E-state index contributed by atoms with van der Waals surface area (Å²) in [6, 6.07) is 14.0. The molecule has 2 saturated heterocycles. The maximum atomic E-state index is 15.3. The van der Waals surface area contributed by atoms with Gasteiger partial charge in [-0.15, -0.1) is 0 Å². The summed E-state index contributed by atoms with van der Waals surface area (Å²) in [4.78, 5) is 25.9. The molecule has 5 aromatic rings. The number of nitrogens with zero attached hydrogens (tertiary/aromatic N) is 9. The predicted molar refractivity (Wildman–Crippen MR) is 191 cm³/mol.